The Hall–Kier alpha value is -2.43. The van der Waals surface area contributed by atoms with Crippen molar-refractivity contribution in [3.63, 3.8) is 0 Å². The molecule has 0 aliphatic carbocycles. The predicted molar refractivity (Wildman–Crippen MR) is 81.4 cm³/mol. The van der Waals surface area contributed by atoms with E-state index in [0.717, 1.165) is 23.5 Å². The Morgan fingerprint density at radius 3 is 3.00 bits per heavy atom. The average molecular weight is 301 g/mol. The number of para-hydroxylation sites is 1. The van der Waals surface area contributed by atoms with Crippen molar-refractivity contribution in [1.82, 2.24) is 5.32 Å². The molecule has 2 heterocycles. The average Bonchev–Trinajstić information content (AvgIpc) is 3.09. The molecule has 0 saturated carbocycles. The van der Waals surface area contributed by atoms with Gasteiger partial charge in [-0.1, -0.05) is 12.1 Å². The van der Waals surface area contributed by atoms with E-state index in [0.29, 0.717) is 18.7 Å². The third-order valence-corrected chi connectivity index (χ3v) is 3.48. The van der Waals surface area contributed by atoms with E-state index in [-0.39, 0.29) is 11.5 Å². The summed E-state index contributed by atoms with van der Waals surface area (Å²) < 4.78 is 16.6. The van der Waals surface area contributed by atoms with Gasteiger partial charge < -0.3 is 19.2 Å². The van der Waals surface area contributed by atoms with Crippen LogP contribution in [0, 0.1) is 0 Å². The first-order chi connectivity index (χ1) is 10.6. The monoisotopic (exact) mass is 301 g/mol. The zero-order valence-corrected chi connectivity index (χ0v) is 12.7. The quantitative estimate of drug-likeness (QED) is 0.863. The lowest BCUT2D eigenvalue weighted by Gasteiger charge is -2.18. The number of carbonyl (C=O) groups excluding carboxylic acids is 1. The Morgan fingerprint density at radius 2 is 2.23 bits per heavy atom. The summed E-state index contributed by atoms with van der Waals surface area (Å²) in [5.74, 6) is 1.36. The summed E-state index contributed by atoms with van der Waals surface area (Å²) in [6, 6.07) is 7.52. The van der Waals surface area contributed by atoms with Crippen molar-refractivity contribution in [3.05, 3.63) is 47.9 Å². The Balaban J connectivity index is 1.53. The Bertz CT molecular complexity index is 661. The molecule has 0 spiro atoms. The number of carbonyl (C=O) groups is 1. The van der Waals surface area contributed by atoms with Gasteiger partial charge in [-0.05, 0) is 26.0 Å². The lowest BCUT2D eigenvalue weighted by atomic mass is 10.0. The number of nitrogens with one attached hydrogen (secondary N) is 1. The van der Waals surface area contributed by atoms with Crippen LogP contribution < -0.4 is 14.8 Å². The fourth-order valence-electron chi connectivity index (χ4n) is 2.52. The van der Waals surface area contributed by atoms with E-state index in [1.165, 1.54) is 12.5 Å². The summed E-state index contributed by atoms with van der Waals surface area (Å²) in [4.78, 5) is 11.7. The highest BCUT2D eigenvalue weighted by Gasteiger charge is 2.32. The van der Waals surface area contributed by atoms with Gasteiger partial charge in [0.15, 0.2) is 11.5 Å². The van der Waals surface area contributed by atoms with E-state index in [1.807, 2.05) is 12.1 Å². The number of benzene rings is 1. The lowest BCUT2D eigenvalue weighted by molar-refractivity contribution is 0.0945. The van der Waals surface area contributed by atoms with Gasteiger partial charge in [-0.25, -0.2) is 0 Å². The molecule has 1 aromatic heterocycles. The van der Waals surface area contributed by atoms with Crippen molar-refractivity contribution in [1.29, 1.82) is 0 Å². The molecule has 22 heavy (non-hydrogen) atoms. The molecule has 3 rings (SSSR count). The minimum atomic E-state index is -0.197. The molecule has 1 N–H and O–H groups in total. The molecule has 0 fully saturated rings. The molecule has 1 amide bonds. The molecule has 1 aliphatic rings. The third kappa shape index (κ3) is 3.08. The summed E-state index contributed by atoms with van der Waals surface area (Å²) in [5, 5.41) is 2.77. The van der Waals surface area contributed by atoms with Gasteiger partial charge in [-0.15, -0.1) is 0 Å². The first-order valence-electron chi connectivity index (χ1n) is 7.29. The van der Waals surface area contributed by atoms with Crippen LogP contribution in [0.5, 0.6) is 11.5 Å². The number of ether oxygens (including phenoxy) is 2. The number of furan rings is 1. The van der Waals surface area contributed by atoms with Crippen LogP contribution in [0.4, 0.5) is 0 Å². The van der Waals surface area contributed by atoms with E-state index in [4.69, 9.17) is 13.9 Å². The molecule has 1 aliphatic heterocycles. The Labute approximate surface area is 129 Å². The molecule has 1 aromatic carbocycles. The van der Waals surface area contributed by atoms with Gasteiger partial charge >= 0.3 is 0 Å². The van der Waals surface area contributed by atoms with Gasteiger partial charge in [0.1, 0.15) is 18.5 Å². The number of hydrogen-bond acceptors (Lipinski definition) is 4. The molecular weight excluding hydrogens is 282 g/mol. The minimum Gasteiger partial charge on any atom is -0.488 e. The van der Waals surface area contributed by atoms with Gasteiger partial charge in [0.2, 0.25) is 0 Å². The van der Waals surface area contributed by atoms with Crippen molar-refractivity contribution >= 4 is 5.91 Å². The molecule has 0 bridgehead atoms. The molecule has 5 nitrogen and oxygen atoms in total. The molecule has 0 saturated heterocycles. The SMILES string of the molecule is CC1(C)Cc2cccc(OCCNC(=O)c3ccoc3)c2O1. The number of rotatable bonds is 5. The van der Waals surface area contributed by atoms with Crippen LogP contribution in [0.2, 0.25) is 0 Å². The van der Waals surface area contributed by atoms with Crippen LogP contribution in [-0.4, -0.2) is 24.7 Å². The second-order valence-corrected chi connectivity index (χ2v) is 5.90. The smallest absolute Gasteiger partial charge is 0.254 e. The van der Waals surface area contributed by atoms with Crippen LogP contribution in [0.25, 0.3) is 0 Å². The maximum atomic E-state index is 11.7. The highest BCUT2D eigenvalue weighted by molar-refractivity contribution is 5.93. The molecule has 0 atom stereocenters. The minimum absolute atomic E-state index is 0.173. The van der Waals surface area contributed by atoms with E-state index in [1.54, 1.807) is 6.07 Å². The highest BCUT2D eigenvalue weighted by atomic mass is 16.5. The second-order valence-electron chi connectivity index (χ2n) is 5.90. The lowest BCUT2D eigenvalue weighted by Crippen LogP contribution is -2.28. The molecule has 5 heteroatoms. The number of amides is 1. The molecule has 0 unspecified atom stereocenters. The van der Waals surface area contributed by atoms with Gasteiger partial charge in [0.25, 0.3) is 5.91 Å². The first-order valence-corrected chi connectivity index (χ1v) is 7.29. The van der Waals surface area contributed by atoms with E-state index in [2.05, 4.69) is 25.2 Å². The fraction of sp³-hybridized carbons (Fsp3) is 0.353. The van der Waals surface area contributed by atoms with Crippen molar-refractivity contribution < 1.29 is 18.7 Å². The highest BCUT2D eigenvalue weighted by Crippen LogP contribution is 2.41. The zero-order chi connectivity index (χ0) is 15.6. The maximum absolute atomic E-state index is 11.7. The number of fused-ring (bicyclic) bond motifs is 1. The predicted octanol–water partition coefficient (Wildman–Crippen LogP) is 2.80. The largest absolute Gasteiger partial charge is 0.488 e. The molecule has 116 valence electrons. The Kier molecular flexibility index (Phi) is 3.79. The van der Waals surface area contributed by atoms with Crippen molar-refractivity contribution in [2.75, 3.05) is 13.2 Å². The first kappa shape index (κ1) is 14.5. The summed E-state index contributed by atoms with van der Waals surface area (Å²) in [6.45, 7) is 4.91. The molecule has 0 radical (unpaired) electrons. The van der Waals surface area contributed by atoms with E-state index in [9.17, 15) is 4.79 Å². The standard InChI is InChI=1S/C17H19NO4/c1-17(2)10-12-4-3-5-14(15(12)22-17)21-9-7-18-16(19)13-6-8-20-11-13/h3-6,8,11H,7,9-10H2,1-2H3,(H,18,19). The zero-order valence-electron chi connectivity index (χ0n) is 12.7. The van der Waals surface area contributed by atoms with Crippen molar-refractivity contribution in [2.24, 2.45) is 0 Å². The van der Waals surface area contributed by atoms with Crippen molar-refractivity contribution in [2.45, 2.75) is 25.9 Å². The van der Waals surface area contributed by atoms with Gasteiger partial charge in [-0.3, -0.25) is 4.79 Å². The van der Waals surface area contributed by atoms with E-state index >= 15 is 0 Å². The summed E-state index contributed by atoms with van der Waals surface area (Å²) in [5.41, 5.74) is 1.47. The third-order valence-electron chi connectivity index (χ3n) is 3.48. The topological polar surface area (TPSA) is 60.7 Å². The van der Waals surface area contributed by atoms with Crippen LogP contribution in [0.15, 0.2) is 41.2 Å². The van der Waals surface area contributed by atoms with Crippen LogP contribution in [0.3, 0.4) is 0 Å². The molecule has 2 aromatic rings. The van der Waals surface area contributed by atoms with Gasteiger partial charge in [0, 0.05) is 12.0 Å². The second kappa shape index (κ2) is 5.75. The summed E-state index contributed by atoms with van der Waals surface area (Å²) in [6.07, 6.45) is 3.75. The van der Waals surface area contributed by atoms with Gasteiger partial charge in [0.05, 0.1) is 18.4 Å². The van der Waals surface area contributed by atoms with E-state index < -0.39 is 0 Å². The summed E-state index contributed by atoms with van der Waals surface area (Å²) in [7, 11) is 0. The Morgan fingerprint density at radius 1 is 1.36 bits per heavy atom. The summed E-state index contributed by atoms with van der Waals surface area (Å²) >= 11 is 0. The van der Waals surface area contributed by atoms with Crippen LogP contribution in [0.1, 0.15) is 29.8 Å². The number of hydrogen-bond donors (Lipinski definition) is 1. The molecular formula is C17H19NO4. The van der Waals surface area contributed by atoms with Crippen LogP contribution in [-0.2, 0) is 6.42 Å². The maximum Gasteiger partial charge on any atom is 0.254 e. The normalized spacial score (nSPS) is 15.0. The fourth-order valence-corrected chi connectivity index (χ4v) is 2.52. The van der Waals surface area contributed by atoms with Gasteiger partial charge in [-0.2, -0.15) is 0 Å². The van der Waals surface area contributed by atoms with Crippen molar-refractivity contribution in [3.8, 4) is 11.5 Å². The van der Waals surface area contributed by atoms with Crippen LogP contribution >= 0.6 is 0 Å².